The Labute approximate surface area is 149 Å². The maximum Gasteiger partial charge on any atom is 0.280 e. The molecule has 0 fully saturated rings. The Kier molecular flexibility index (Phi) is 4.06. The number of amides is 1. The average Bonchev–Trinajstić information content (AvgIpc) is 3.26. The van der Waals surface area contributed by atoms with Gasteiger partial charge >= 0.3 is 0 Å². The number of hydrazone groups is 1. The number of carbonyl (C=O) groups excluding carboxylic acids is 1. The summed E-state index contributed by atoms with van der Waals surface area (Å²) < 4.78 is 0. The van der Waals surface area contributed by atoms with Crippen molar-refractivity contribution in [3.63, 3.8) is 0 Å². The monoisotopic (exact) mass is 345 g/mol. The van der Waals surface area contributed by atoms with Gasteiger partial charge in [-0.15, -0.1) is 15.0 Å². The molecule has 1 aliphatic rings. The van der Waals surface area contributed by atoms with E-state index in [9.17, 15) is 4.79 Å². The third-order valence-electron chi connectivity index (χ3n) is 3.84. The Morgan fingerprint density at radius 2 is 1.62 bits per heavy atom. The molecule has 8 nitrogen and oxygen atoms in total. The molecule has 0 radical (unpaired) electrons. The van der Waals surface area contributed by atoms with Crippen molar-refractivity contribution in [3.8, 4) is 5.69 Å². The van der Waals surface area contributed by atoms with E-state index in [2.05, 4.69) is 25.5 Å². The maximum atomic E-state index is 12.6. The van der Waals surface area contributed by atoms with Gasteiger partial charge in [0.05, 0.1) is 23.3 Å². The highest BCUT2D eigenvalue weighted by molar-refractivity contribution is 6.18. The van der Waals surface area contributed by atoms with E-state index < -0.39 is 6.04 Å². The van der Waals surface area contributed by atoms with Gasteiger partial charge in [0.2, 0.25) is 5.82 Å². The van der Waals surface area contributed by atoms with E-state index >= 15 is 0 Å². The van der Waals surface area contributed by atoms with Gasteiger partial charge in [0.15, 0.2) is 6.04 Å². The van der Waals surface area contributed by atoms with E-state index in [0.29, 0.717) is 17.2 Å². The van der Waals surface area contributed by atoms with Crippen LogP contribution in [0.4, 0.5) is 11.5 Å². The minimum absolute atomic E-state index is 0.243. The zero-order chi connectivity index (χ0) is 17.9. The van der Waals surface area contributed by atoms with E-state index in [1.54, 1.807) is 6.92 Å². The first-order valence-corrected chi connectivity index (χ1v) is 8.05. The topological polar surface area (TPSA) is 88.1 Å². The van der Waals surface area contributed by atoms with Crippen molar-refractivity contribution >= 4 is 23.1 Å². The first kappa shape index (κ1) is 15.8. The predicted molar refractivity (Wildman–Crippen MR) is 96.7 cm³/mol. The lowest BCUT2D eigenvalue weighted by Crippen LogP contribution is -2.29. The Bertz CT molecular complexity index is 979. The number of carbonyl (C=O) groups is 1. The van der Waals surface area contributed by atoms with Crippen LogP contribution in [0.15, 0.2) is 82.2 Å². The first-order chi connectivity index (χ1) is 12.7. The van der Waals surface area contributed by atoms with Crippen molar-refractivity contribution in [1.82, 2.24) is 15.0 Å². The molecule has 2 heterocycles. The van der Waals surface area contributed by atoms with Gasteiger partial charge in [0, 0.05) is 0 Å². The molecule has 0 saturated heterocycles. The molecule has 0 N–H and O–H groups in total. The highest BCUT2D eigenvalue weighted by Crippen LogP contribution is 2.22. The second-order valence-corrected chi connectivity index (χ2v) is 5.67. The Balaban J connectivity index is 1.52. The smallest absolute Gasteiger partial charge is 0.269 e. The fourth-order valence-electron chi connectivity index (χ4n) is 2.55. The lowest BCUT2D eigenvalue weighted by atomic mass is 10.2. The third kappa shape index (κ3) is 3.00. The zero-order valence-corrected chi connectivity index (χ0v) is 14.0. The predicted octanol–water partition coefficient (Wildman–Crippen LogP) is 3.14. The Hall–Kier alpha value is -3.68. The second kappa shape index (κ2) is 6.67. The van der Waals surface area contributed by atoms with Crippen LogP contribution < -0.4 is 5.01 Å². The van der Waals surface area contributed by atoms with Crippen molar-refractivity contribution in [1.29, 1.82) is 0 Å². The van der Waals surface area contributed by atoms with E-state index in [1.807, 2.05) is 60.7 Å². The fourth-order valence-corrected chi connectivity index (χ4v) is 2.55. The number of nitrogens with zero attached hydrogens (tertiary/aromatic N) is 7. The number of hydrogen-bond acceptors (Lipinski definition) is 6. The summed E-state index contributed by atoms with van der Waals surface area (Å²) in [4.78, 5) is 14.0. The van der Waals surface area contributed by atoms with Crippen LogP contribution in [0.5, 0.6) is 0 Å². The molecule has 0 aliphatic carbocycles. The number of benzene rings is 2. The van der Waals surface area contributed by atoms with Crippen LogP contribution in [0, 0.1) is 0 Å². The lowest BCUT2D eigenvalue weighted by molar-refractivity contribution is -0.117. The number of azo groups is 1. The molecule has 0 bridgehead atoms. The summed E-state index contributed by atoms with van der Waals surface area (Å²) in [7, 11) is 0. The Morgan fingerprint density at radius 1 is 0.962 bits per heavy atom. The quantitative estimate of drug-likeness (QED) is 0.681. The SMILES string of the molecule is CC1=NN(c2ccccc2)C(=O)[C@H]1N=Nc1cnn(-c2ccccc2)n1. The summed E-state index contributed by atoms with van der Waals surface area (Å²) in [6, 6.07) is 18.0. The molecule has 128 valence electrons. The van der Waals surface area contributed by atoms with Gasteiger partial charge < -0.3 is 0 Å². The van der Waals surface area contributed by atoms with Gasteiger partial charge in [0.25, 0.3) is 5.91 Å². The van der Waals surface area contributed by atoms with E-state index in [0.717, 1.165) is 5.69 Å². The molecule has 2 aromatic carbocycles. The summed E-state index contributed by atoms with van der Waals surface area (Å²) in [6.07, 6.45) is 1.50. The standard InChI is InChI=1S/C18H15N7O/c1-13-17(18(26)24(22-13)14-8-4-2-5-9-14)21-20-16-12-19-25(23-16)15-10-6-3-7-11-15/h2-12,17H,1H3/t17-/m0/s1. The molecule has 1 atom stereocenters. The minimum atomic E-state index is -0.753. The van der Waals surface area contributed by atoms with Crippen molar-refractivity contribution in [2.24, 2.45) is 15.3 Å². The molecule has 8 heteroatoms. The van der Waals surface area contributed by atoms with Gasteiger partial charge in [-0.3, -0.25) is 4.79 Å². The van der Waals surface area contributed by atoms with Crippen LogP contribution in [0.1, 0.15) is 6.92 Å². The summed E-state index contributed by atoms with van der Waals surface area (Å²) >= 11 is 0. The number of anilines is 1. The number of para-hydroxylation sites is 2. The minimum Gasteiger partial charge on any atom is -0.269 e. The van der Waals surface area contributed by atoms with Gasteiger partial charge in [-0.05, 0) is 31.2 Å². The van der Waals surface area contributed by atoms with E-state index in [1.165, 1.54) is 16.0 Å². The highest BCUT2D eigenvalue weighted by atomic mass is 16.2. The van der Waals surface area contributed by atoms with Crippen molar-refractivity contribution in [2.45, 2.75) is 13.0 Å². The van der Waals surface area contributed by atoms with Crippen LogP contribution in [-0.2, 0) is 4.79 Å². The molecular formula is C18H15N7O. The second-order valence-electron chi connectivity index (χ2n) is 5.67. The summed E-state index contributed by atoms with van der Waals surface area (Å²) in [5, 5.41) is 22.2. The van der Waals surface area contributed by atoms with Gasteiger partial charge in [-0.25, -0.2) is 0 Å². The number of aromatic nitrogens is 3. The van der Waals surface area contributed by atoms with Crippen LogP contribution >= 0.6 is 0 Å². The van der Waals surface area contributed by atoms with Crippen LogP contribution in [0.3, 0.4) is 0 Å². The van der Waals surface area contributed by atoms with E-state index in [-0.39, 0.29) is 5.91 Å². The third-order valence-corrected chi connectivity index (χ3v) is 3.84. The summed E-state index contributed by atoms with van der Waals surface area (Å²) in [5.41, 5.74) is 2.10. The lowest BCUT2D eigenvalue weighted by Gasteiger charge is -2.11. The normalized spacial score (nSPS) is 17.1. The summed E-state index contributed by atoms with van der Waals surface area (Å²) in [5.74, 6) is 0.0838. The maximum absolute atomic E-state index is 12.6. The molecule has 0 spiro atoms. The number of rotatable bonds is 4. The van der Waals surface area contributed by atoms with Crippen molar-refractivity contribution in [2.75, 3.05) is 5.01 Å². The molecule has 1 aliphatic heterocycles. The van der Waals surface area contributed by atoms with E-state index in [4.69, 9.17) is 0 Å². The van der Waals surface area contributed by atoms with Crippen LogP contribution in [0.2, 0.25) is 0 Å². The first-order valence-electron chi connectivity index (χ1n) is 8.05. The Morgan fingerprint density at radius 3 is 2.31 bits per heavy atom. The molecule has 3 aromatic rings. The molecule has 4 rings (SSSR count). The molecule has 0 saturated carbocycles. The average molecular weight is 345 g/mol. The van der Waals surface area contributed by atoms with Crippen molar-refractivity contribution < 1.29 is 4.79 Å². The van der Waals surface area contributed by atoms with Gasteiger partial charge in [-0.2, -0.15) is 20.3 Å². The zero-order valence-electron chi connectivity index (χ0n) is 14.0. The van der Waals surface area contributed by atoms with Crippen molar-refractivity contribution in [3.05, 3.63) is 66.9 Å². The highest BCUT2D eigenvalue weighted by Gasteiger charge is 2.34. The molecule has 0 unspecified atom stereocenters. The largest absolute Gasteiger partial charge is 0.280 e. The molecule has 26 heavy (non-hydrogen) atoms. The molecule has 1 aromatic heterocycles. The van der Waals surface area contributed by atoms with Crippen LogP contribution in [-0.4, -0.2) is 32.7 Å². The molecule has 1 amide bonds. The van der Waals surface area contributed by atoms with Gasteiger partial charge in [0.1, 0.15) is 0 Å². The number of hydrogen-bond donors (Lipinski definition) is 0. The summed E-state index contributed by atoms with van der Waals surface area (Å²) in [6.45, 7) is 1.76. The fraction of sp³-hybridized carbons (Fsp3) is 0.111. The van der Waals surface area contributed by atoms with Crippen LogP contribution in [0.25, 0.3) is 5.69 Å². The van der Waals surface area contributed by atoms with Gasteiger partial charge in [-0.1, -0.05) is 36.4 Å². The molecular weight excluding hydrogens is 330 g/mol.